The van der Waals surface area contributed by atoms with E-state index in [9.17, 15) is 70.9 Å². The van der Waals surface area contributed by atoms with Gasteiger partial charge in [0.1, 0.15) is 36.0 Å². The lowest BCUT2D eigenvalue weighted by Crippen LogP contribution is -2.57. The molecule has 22 nitrogen and oxygen atoms in total. The number of aliphatic hydroxyl groups excluding tert-OH is 2. The van der Waals surface area contributed by atoms with Crippen molar-refractivity contribution in [3.05, 3.63) is 53.4 Å². The van der Waals surface area contributed by atoms with Crippen molar-refractivity contribution < 1.29 is 75.7 Å². The number of aliphatic hydroxyl groups is 2. The van der Waals surface area contributed by atoms with Crippen molar-refractivity contribution in [2.75, 3.05) is 32.8 Å². The largest absolute Gasteiger partial charge is 0.451 e. The Balaban J connectivity index is 1.84. The molecule has 3 unspecified atom stereocenters. The number of pyridine rings is 1. The number of nitrogens with zero attached hydrogens (tertiary/aromatic N) is 1. The smallest absolute Gasteiger partial charge is 0.255 e. The number of ether oxygens (including phenoxy) is 1. The Labute approximate surface area is 356 Å². The van der Waals surface area contributed by atoms with Crippen molar-refractivity contribution in [2.24, 2.45) is 11.7 Å². The number of benzene rings is 1. The van der Waals surface area contributed by atoms with E-state index in [4.69, 9.17) is 10.5 Å². The summed E-state index contributed by atoms with van der Waals surface area (Å²) in [5.41, 5.74) is 5.62. The molecule has 2 aromatic rings. The molecule has 1 aromatic carbocycles. The van der Waals surface area contributed by atoms with Crippen LogP contribution in [0, 0.1) is 29.4 Å². The Hall–Kier alpha value is -6.96. The number of nitrogens with two attached hydrogens (primary N) is 1. The Kier molecular flexibility index (Phi) is 20.8. The SMILES string of the molecule is CC(=O)N[C@H](Cc1ccc(Oc2c(F)c(F)nc(F)c2F)cc1)C(=O)NC(CO)C(=O)NCC(=O)NCC(=O)NCC(=O)NC(CO)C(=O)NC(C)C(=O)N[C@@H](CC(C)C)C(N)=O. The fourth-order valence-electron chi connectivity index (χ4n) is 5.13. The highest BCUT2D eigenvalue weighted by Gasteiger charge is 2.29. The second-order valence-corrected chi connectivity index (χ2v) is 14.0. The average Bonchev–Trinajstić information content (AvgIpc) is 3.22. The highest BCUT2D eigenvalue weighted by molar-refractivity contribution is 5.96. The summed E-state index contributed by atoms with van der Waals surface area (Å²) in [5, 5.41) is 37.2. The molecule has 0 saturated carbocycles. The van der Waals surface area contributed by atoms with E-state index in [1.54, 1.807) is 13.8 Å². The van der Waals surface area contributed by atoms with Gasteiger partial charge in [0.05, 0.1) is 32.8 Å². The predicted molar refractivity (Wildman–Crippen MR) is 207 cm³/mol. The third-order valence-electron chi connectivity index (χ3n) is 8.32. The first kappa shape index (κ1) is 52.2. The molecule has 0 aliphatic rings. The molecule has 26 heteroatoms. The summed E-state index contributed by atoms with van der Waals surface area (Å²) in [6, 6.07) is -1.95. The van der Waals surface area contributed by atoms with E-state index in [0.717, 1.165) is 19.1 Å². The third kappa shape index (κ3) is 17.5. The van der Waals surface area contributed by atoms with Crippen molar-refractivity contribution >= 4 is 53.2 Å². The van der Waals surface area contributed by atoms with Crippen molar-refractivity contribution in [2.45, 2.75) is 70.7 Å². The van der Waals surface area contributed by atoms with Gasteiger partial charge >= 0.3 is 0 Å². The molecule has 0 spiro atoms. The number of hydrogen-bond acceptors (Lipinski definition) is 13. The molecule has 9 amide bonds. The van der Waals surface area contributed by atoms with E-state index < -0.39 is 146 Å². The minimum Gasteiger partial charge on any atom is -0.451 e. The van der Waals surface area contributed by atoms with Crippen LogP contribution in [-0.2, 0) is 49.6 Å². The Bertz CT molecular complexity index is 1990. The Morgan fingerprint density at radius 1 is 0.635 bits per heavy atom. The van der Waals surface area contributed by atoms with Gasteiger partial charge in [-0.25, -0.2) is 0 Å². The Morgan fingerprint density at radius 2 is 1.13 bits per heavy atom. The minimum atomic E-state index is -1.94. The van der Waals surface area contributed by atoms with Crippen LogP contribution in [-0.4, -0.2) is 131 Å². The van der Waals surface area contributed by atoms with Gasteiger partial charge in [-0.15, -0.1) is 0 Å². The molecule has 1 aromatic heterocycles. The van der Waals surface area contributed by atoms with E-state index >= 15 is 0 Å². The molecule has 0 aliphatic carbocycles. The minimum absolute atomic E-state index is 0.0106. The van der Waals surface area contributed by atoms with Crippen LogP contribution in [0.25, 0.3) is 0 Å². The van der Waals surface area contributed by atoms with Gasteiger partial charge in [-0.2, -0.15) is 22.5 Å². The maximum absolute atomic E-state index is 13.9. The zero-order valence-electron chi connectivity index (χ0n) is 34.2. The van der Waals surface area contributed by atoms with Crippen LogP contribution >= 0.6 is 0 Å². The number of amides is 9. The summed E-state index contributed by atoms with van der Waals surface area (Å²) in [5.74, 6) is -17.3. The van der Waals surface area contributed by atoms with Crippen molar-refractivity contribution in [1.82, 2.24) is 47.5 Å². The van der Waals surface area contributed by atoms with Gasteiger partial charge in [0.15, 0.2) is 0 Å². The number of aromatic nitrogens is 1. The maximum Gasteiger partial charge on any atom is 0.255 e. The van der Waals surface area contributed by atoms with Gasteiger partial charge in [-0.1, -0.05) is 26.0 Å². The molecule has 1 heterocycles. The monoisotopic (exact) mass is 900 g/mol. The number of carbonyl (C=O) groups is 9. The lowest BCUT2D eigenvalue weighted by Gasteiger charge is -2.22. The van der Waals surface area contributed by atoms with Crippen LogP contribution in [0.1, 0.15) is 39.7 Å². The number of rotatable bonds is 24. The second kappa shape index (κ2) is 25.1. The summed E-state index contributed by atoms with van der Waals surface area (Å²) in [6.45, 7) is 1.90. The zero-order valence-corrected chi connectivity index (χ0v) is 34.2. The van der Waals surface area contributed by atoms with E-state index in [1.165, 1.54) is 19.1 Å². The fourth-order valence-corrected chi connectivity index (χ4v) is 5.13. The van der Waals surface area contributed by atoms with Crippen molar-refractivity contribution in [1.29, 1.82) is 0 Å². The summed E-state index contributed by atoms with van der Waals surface area (Å²) in [4.78, 5) is 114. The van der Waals surface area contributed by atoms with Crippen molar-refractivity contribution in [3.8, 4) is 11.5 Å². The molecule has 2 rings (SSSR count). The number of carbonyl (C=O) groups excluding carboxylic acids is 9. The van der Waals surface area contributed by atoms with Crippen LogP contribution in [0.15, 0.2) is 24.3 Å². The maximum atomic E-state index is 13.9. The number of halogens is 4. The molecule has 0 bridgehead atoms. The molecule has 0 aliphatic heterocycles. The highest BCUT2D eigenvalue weighted by atomic mass is 19.2. The molecule has 0 fully saturated rings. The topological polar surface area (TPSA) is 338 Å². The first-order chi connectivity index (χ1) is 29.6. The molecule has 0 saturated heterocycles. The van der Waals surface area contributed by atoms with Gasteiger partial charge in [0, 0.05) is 13.3 Å². The van der Waals surface area contributed by atoms with E-state index in [0.29, 0.717) is 5.56 Å². The van der Waals surface area contributed by atoms with Gasteiger partial charge in [0.25, 0.3) is 11.9 Å². The van der Waals surface area contributed by atoms with Gasteiger partial charge < -0.3 is 63.2 Å². The molecule has 63 heavy (non-hydrogen) atoms. The predicted octanol–water partition coefficient (Wildman–Crippen LogP) is -3.70. The zero-order chi connectivity index (χ0) is 47.6. The molecule has 5 atom stereocenters. The number of primary amides is 1. The first-order valence-electron chi connectivity index (χ1n) is 18.8. The summed E-state index contributed by atoms with van der Waals surface area (Å²) >= 11 is 0. The summed E-state index contributed by atoms with van der Waals surface area (Å²) < 4.78 is 59.7. The van der Waals surface area contributed by atoms with Gasteiger partial charge in [0.2, 0.25) is 70.5 Å². The van der Waals surface area contributed by atoms with Crippen LogP contribution < -0.4 is 53.0 Å². The van der Waals surface area contributed by atoms with Gasteiger partial charge in [-0.3, -0.25) is 43.2 Å². The average molecular weight is 901 g/mol. The lowest BCUT2D eigenvalue weighted by molar-refractivity contribution is -0.134. The quantitative estimate of drug-likeness (QED) is 0.0358. The summed E-state index contributed by atoms with van der Waals surface area (Å²) in [7, 11) is 0. The molecule has 12 N–H and O–H groups in total. The molecular weight excluding hydrogens is 852 g/mol. The van der Waals surface area contributed by atoms with Crippen LogP contribution in [0.3, 0.4) is 0 Å². The van der Waals surface area contributed by atoms with Crippen LogP contribution in [0.4, 0.5) is 17.6 Å². The lowest BCUT2D eigenvalue weighted by atomic mass is 10.0. The van der Waals surface area contributed by atoms with E-state index in [2.05, 4.69) is 47.5 Å². The molecular formula is C37H48F4N10O12. The fraction of sp³-hybridized carbons (Fsp3) is 0.459. The van der Waals surface area contributed by atoms with E-state index in [1.807, 2.05) is 0 Å². The second-order valence-electron chi connectivity index (χ2n) is 14.0. The highest BCUT2D eigenvalue weighted by Crippen LogP contribution is 2.29. The van der Waals surface area contributed by atoms with E-state index in [-0.39, 0.29) is 24.5 Å². The molecule has 346 valence electrons. The number of hydrogen-bond donors (Lipinski definition) is 11. The summed E-state index contributed by atoms with van der Waals surface area (Å²) in [6.07, 6.45) is -0.0110. The standard InChI is InChI=1S/C37H48F4N10O12/c1-16(2)9-21(33(42)58)49-34(59)17(3)46-37(62)24(15-53)48-27(57)13-44-25(55)11-43-26(56)12-45-35(60)23(14-52)50-36(61)22(47-18(4)54)10-19-5-7-20(8-6-19)63-30-28(38)31(40)51-32(41)29(30)39/h5-8,16-17,21-24,52-53H,9-15H2,1-4H3,(H2,42,58)(H,43,56)(H,44,55)(H,45,60)(H,46,62)(H,47,54)(H,48,57)(H,49,59)(H,50,61)/t17?,21-,22+,23?,24?/m0/s1. The van der Waals surface area contributed by atoms with Crippen LogP contribution in [0.5, 0.6) is 11.5 Å². The first-order valence-corrected chi connectivity index (χ1v) is 18.8. The van der Waals surface area contributed by atoms with Crippen LogP contribution in [0.2, 0.25) is 0 Å². The Morgan fingerprint density at radius 3 is 1.63 bits per heavy atom. The third-order valence-corrected chi connectivity index (χ3v) is 8.32. The van der Waals surface area contributed by atoms with Gasteiger partial charge in [-0.05, 0) is 37.0 Å². The molecule has 0 radical (unpaired) electrons. The van der Waals surface area contributed by atoms with Crippen molar-refractivity contribution in [3.63, 3.8) is 0 Å². The number of nitrogens with one attached hydrogen (secondary N) is 8. The normalized spacial score (nSPS) is 13.2.